The molecule has 12 nitrogen and oxygen atoms in total. The fraction of sp³-hybridized carbons (Fsp3) is 0.566. The van der Waals surface area contributed by atoms with E-state index in [4.69, 9.17) is 15.2 Å². The number of likely N-dealkylation sites (N-methyl/N-ethyl adjacent to an activating group) is 1. The zero-order valence-corrected chi connectivity index (χ0v) is 39.2. The molecule has 65 heavy (non-hydrogen) atoms. The first-order valence-electron chi connectivity index (χ1n) is 24.2. The summed E-state index contributed by atoms with van der Waals surface area (Å²) in [6.45, 7) is 10.2. The van der Waals surface area contributed by atoms with E-state index < -0.39 is 28.7 Å². The maximum Gasteiger partial charge on any atom is 0.350 e. The first-order valence-corrected chi connectivity index (χ1v) is 24.2. The Morgan fingerprint density at radius 2 is 1.91 bits per heavy atom. The van der Waals surface area contributed by atoms with Gasteiger partial charge in [-0.15, -0.1) is 0 Å². The van der Waals surface area contributed by atoms with Crippen LogP contribution in [-0.2, 0) is 20.7 Å². The topological polar surface area (TPSA) is 179 Å². The summed E-state index contributed by atoms with van der Waals surface area (Å²) in [4.78, 5) is 45.8. The molecule has 6 atom stereocenters. The zero-order chi connectivity index (χ0) is 46.0. The van der Waals surface area contributed by atoms with Crippen LogP contribution in [0.2, 0.25) is 0 Å². The van der Waals surface area contributed by atoms with Crippen LogP contribution >= 0.6 is 0 Å². The number of esters is 1. The molecule has 0 aromatic heterocycles. The van der Waals surface area contributed by atoms with Crippen LogP contribution in [0.25, 0.3) is 0 Å². The molecule has 1 aromatic rings. The molecule has 12 heteroatoms. The largest absolute Gasteiger partial charge is 0.463 e. The lowest BCUT2D eigenvalue weighted by molar-refractivity contribution is -0.150. The third kappa shape index (κ3) is 9.26. The minimum absolute atomic E-state index is 0.0127. The van der Waals surface area contributed by atoms with Gasteiger partial charge in [0.2, 0.25) is 5.78 Å². The molecule has 1 saturated heterocycles. The fourth-order valence-corrected chi connectivity index (χ4v) is 11.9. The van der Waals surface area contributed by atoms with Gasteiger partial charge < -0.3 is 46.9 Å². The second kappa shape index (κ2) is 19.3. The van der Waals surface area contributed by atoms with Crippen molar-refractivity contribution in [3.63, 3.8) is 0 Å². The summed E-state index contributed by atoms with van der Waals surface area (Å²) in [5.74, 6) is -0.466. The van der Waals surface area contributed by atoms with E-state index in [1.807, 2.05) is 44.5 Å². The maximum atomic E-state index is 15.5. The average molecular weight is 889 g/mol. The Bertz CT molecular complexity index is 2240. The van der Waals surface area contributed by atoms with Crippen LogP contribution in [0.4, 0.5) is 0 Å². The number of carbonyl (C=O) groups excluding carboxylic acids is 3. The van der Waals surface area contributed by atoms with Crippen LogP contribution in [0.3, 0.4) is 0 Å². The lowest BCUT2D eigenvalue weighted by Gasteiger charge is -2.41. The van der Waals surface area contributed by atoms with Gasteiger partial charge in [-0.05, 0) is 129 Å². The van der Waals surface area contributed by atoms with Crippen molar-refractivity contribution in [1.82, 2.24) is 26.6 Å². The Morgan fingerprint density at radius 1 is 1.09 bits per heavy atom. The van der Waals surface area contributed by atoms with Gasteiger partial charge in [0.05, 0.1) is 26.0 Å². The number of ether oxygens (including phenoxy) is 2. The maximum absolute atomic E-state index is 15.5. The van der Waals surface area contributed by atoms with Crippen LogP contribution < -0.4 is 32.3 Å². The van der Waals surface area contributed by atoms with E-state index in [1.54, 1.807) is 6.07 Å². The summed E-state index contributed by atoms with van der Waals surface area (Å²) in [6, 6.07) is 5.39. The highest BCUT2D eigenvalue weighted by molar-refractivity contribution is 6.33. The van der Waals surface area contributed by atoms with Gasteiger partial charge in [0.25, 0.3) is 5.60 Å². The van der Waals surface area contributed by atoms with Crippen molar-refractivity contribution in [3.05, 3.63) is 117 Å². The van der Waals surface area contributed by atoms with Gasteiger partial charge in [0, 0.05) is 42.3 Å². The van der Waals surface area contributed by atoms with Crippen molar-refractivity contribution in [3.8, 4) is 0 Å². The molecule has 3 heterocycles. The number of Topliss-reactive ketones (excluding diaryl/α,β-unsaturated/α-hetero) is 2. The Kier molecular flexibility index (Phi) is 14.0. The molecule has 8 rings (SSSR count). The normalized spacial score (nSPS) is 29.3. The number of hydrogen-bond acceptors (Lipinski definition) is 12. The van der Waals surface area contributed by atoms with Crippen LogP contribution in [0.1, 0.15) is 125 Å². The van der Waals surface area contributed by atoms with Crippen LogP contribution in [0.5, 0.6) is 0 Å². The predicted molar refractivity (Wildman–Crippen MR) is 254 cm³/mol. The summed E-state index contributed by atoms with van der Waals surface area (Å²) in [5.41, 5.74) is 7.86. The molecule has 1 unspecified atom stereocenters. The first kappa shape index (κ1) is 46.9. The Labute approximate surface area is 385 Å². The number of allylic oxidation sites excluding steroid dienone is 8. The summed E-state index contributed by atoms with van der Waals surface area (Å²) in [7, 11) is 1.91. The minimum atomic E-state index is -2.18. The molecule has 3 aliphatic heterocycles. The monoisotopic (exact) mass is 889 g/mol. The van der Waals surface area contributed by atoms with E-state index in [-0.39, 0.29) is 59.7 Å². The van der Waals surface area contributed by atoms with E-state index in [9.17, 15) is 5.11 Å². The molecule has 0 spiro atoms. The van der Waals surface area contributed by atoms with E-state index in [0.29, 0.717) is 49.5 Å². The number of aliphatic hydroxyl groups excluding tert-OH is 1. The highest BCUT2D eigenvalue weighted by Gasteiger charge is 2.86. The van der Waals surface area contributed by atoms with Crippen LogP contribution in [-0.4, -0.2) is 86.1 Å². The third-order valence-electron chi connectivity index (χ3n) is 15.2. The highest BCUT2D eigenvalue weighted by Crippen LogP contribution is 2.60. The number of dihydropyridines is 2. The van der Waals surface area contributed by atoms with Crippen molar-refractivity contribution >= 4 is 17.5 Å². The number of carbonyl (C=O) groups is 3. The van der Waals surface area contributed by atoms with Gasteiger partial charge in [-0.1, -0.05) is 94.2 Å². The minimum Gasteiger partial charge on any atom is -0.463 e. The van der Waals surface area contributed by atoms with Crippen molar-refractivity contribution < 1.29 is 29.0 Å². The number of ketones is 2. The van der Waals surface area contributed by atoms with Crippen LogP contribution in [0, 0.1) is 22.7 Å². The number of benzene rings is 1. The summed E-state index contributed by atoms with van der Waals surface area (Å²) in [5, 5.41) is 28.0. The zero-order valence-electron chi connectivity index (χ0n) is 39.2. The molecule has 8 N–H and O–H groups in total. The van der Waals surface area contributed by atoms with Gasteiger partial charge in [0.15, 0.2) is 11.4 Å². The number of aliphatic hydroxyl groups is 1. The highest BCUT2D eigenvalue weighted by atomic mass is 16.7. The van der Waals surface area contributed by atoms with E-state index in [2.05, 4.69) is 77.7 Å². The van der Waals surface area contributed by atoms with Gasteiger partial charge in [-0.25, -0.2) is 4.79 Å². The number of nitrogens with one attached hydrogen (secondary N) is 5. The number of fused-ring (bicyclic) bond motifs is 3. The third-order valence-corrected chi connectivity index (χ3v) is 15.2. The molecular formula is C53H72N6O6. The lowest BCUT2D eigenvalue weighted by atomic mass is 9.64. The molecule has 0 bridgehead atoms. The summed E-state index contributed by atoms with van der Waals surface area (Å²) in [6.07, 6.45) is 26.8. The smallest absolute Gasteiger partial charge is 0.350 e. The number of rotatable bonds is 18. The molecule has 0 radical (unpaired) electrons. The first-order chi connectivity index (χ1) is 31.3. The number of nitrogens with two attached hydrogens (primary N) is 1. The van der Waals surface area contributed by atoms with Crippen molar-refractivity contribution in [2.45, 2.75) is 128 Å². The van der Waals surface area contributed by atoms with Crippen molar-refractivity contribution in [2.75, 3.05) is 40.0 Å². The number of hydrogen-bond donors (Lipinski definition) is 7. The fourth-order valence-electron chi connectivity index (χ4n) is 11.9. The molecule has 7 aliphatic rings. The standard InChI is InChI=1S/C53H72N6O6/c1-6-56-43-24-37-14-9-8-13-36(37)23-39(43)32-64-49(63)53-48(62)46-38(28-50(3,4)27-35-17-18-44(54)58-30-35)15-12-16-42(46)47(61)52(53,65-53)29-40(31-60)34(2)26-51(20-10-7-11-21-51)41-19-22-57-45(25-41)59-33-55-5/h9,12,14-19,24-25,30,36,39,43-44,55-60H,6-8,10-11,13,20-23,26-29,31-33,54H2,1-5H3/b40-34-/t36-,39-,43+,44?,52-,53-/m0/s1. The predicted octanol–water partition coefficient (Wildman–Crippen LogP) is 6.47. The molecule has 4 aliphatic carbocycles. The molecule has 1 saturated carbocycles. The quantitative estimate of drug-likeness (QED) is 0.0282. The summed E-state index contributed by atoms with van der Waals surface area (Å²) >= 11 is 0. The van der Waals surface area contributed by atoms with Gasteiger partial charge in [-0.3, -0.25) is 9.59 Å². The molecule has 350 valence electrons. The number of epoxide rings is 1. The summed E-state index contributed by atoms with van der Waals surface area (Å²) < 4.78 is 12.9. The molecule has 2 fully saturated rings. The van der Waals surface area contributed by atoms with Gasteiger partial charge >= 0.3 is 5.97 Å². The average Bonchev–Trinajstić information content (AvgIpc) is 4.01. The Hall–Kier alpha value is -4.59. The van der Waals surface area contributed by atoms with Crippen molar-refractivity contribution in [2.24, 2.45) is 28.4 Å². The van der Waals surface area contributed by atoms with E-state index >= 15 is 14.4 Å². The molecule has 0 amide bonds. The van der Waals surface area contributed by atoms with Crippen molar-refractivity contribution in [1.29, 1.82) is 0 Å². The van der Waals surface area contributed by atoms with E-state index in [0.717, 1.165) is 68.5 Å². The van der Waals surface area contributed by atoms with E-state index in [1.165, 1.54) is 17.6 Å². The lowest BCUT2D eigenvalue weighted by Crippen LogP contribution is -2.52. The Morgan fingerprint density at radius 3 is 2.65 bits per heavy atom. The second-order valence-corrected chi connectivity index (χ2v) is 20.5. The van der Waals surface area contributed by atoms with Crippen LogP contribution in [0.15, 0.2) is 101 Å². The Balaban J connectivity index is 1.13. The second-order valence-electron chi connectivity index (χ2n) is 20.5. The molecular weight excluding hydrogens is 817 g/mol. The SMILES string of the molecule is CCN[C@@H]1C=C2C=CCC[C@H]2C[C@H]1COC(=O)[C@]12O[C@@]1(C/C(CO)=C(\C)CC1(C3=CCNC(NCNC)=C3)CCCCC1)C(=O)c1cccc(CC(C)(C)CC3=CNC(N)C=C3)c1C2=O. The van der Waals surface area contributed by atoms with Gasteiger partial charge in [0.1, 0.15) is 5.82 Å². The van der Waals surface area contributed by atoms with Gasteiger partial charge in [-0.2, -0.15) is 0 Å². The molecule has 1 aromatic carbocycles.